The van der Waals surface area contributed by atoms with Crippen molar-refractivity contribution in [1.29, 1.82) is 0 Å². The zero-order valence-corrected chi connectivity index (χ0v) is 8.20. The lowest BCUT2D eigenvalue weighted by atomic mass is 10.2. The van der Waals surface area contributed by atoms with E-state index in [-0.39, 0.29) is 5.82 Å². The molecule has 1 nitrogen and oxygen atoms in total. The van der Waals surface area contributed by atoms with Gasteiger partial charge in [-0.05, 0) is 25.2 Å². The van der Waals surface area contributed by atoms with Crippen molar-refractivity contribution in [2.45, 2.75) is 20.4 Å². The van der Waals surface area contributed by atoms with Gasteiger partial charge in [-0.25, -0.2) is 8.78 Å². The smallest absolute Gasteiger partial charge is 0.127 e. The number of hydrogen-bond donors (Lipinski definition) is 1. The highest BCUT2D eigenvalue weighted by Gasteiger charge is 2.00. The quantitative estimate of drug-likeness (QED) is 0.750. The summed E-state index contributed by atoms with van der Waals surface area (Å²) in [6.07, 6.45) is 0. The summed E-state index contributed by atoms with van der Waals surface area (Å²) < 4.78 is 25.2. The third kappa shape index (κ3) is 3.99. The van der Waals surface area contributed by atoms with Gasteiger partial charge in [0.25, 0.3) is 0 Å². The molecule has 0 atom stereocenters. The van der Waals surface area contributed by atoms with Gasteiger partial charge in [0.1, 0.15) is 11.6 Å². The second-order valence-electron chi connectivity index (χ2n) is 2.27. The van der Waals surface area contributed by atoms with Gasteiger partial charge in [0.05, 0.1) is 0 Å². The van der Waals surface area contributed by atoms with Crippen molar-refractivity contribution in [3.63, 3.8) is 0 Å². The molecule has 0 spiro atoms. The molecule has 13 heavy (non-hydrogen) atoms. The zero-order chi connectivity index (χ0) is 10.3. The Labute approximate surface area is 77.8 Å². The molecule has 0 unspecified atom stereocenters. The maximum atomic E-state index is 12.7. The van der Waals surface area contributed by atoms with Crippen molar-refractivity contribution in [2.24, 2.45) is 0 Å². The molecule has 3 heteroatoms. The molecule has 1 rings (SSSR count). The first-order chi connectivity index (χ1) is 6.24. The Kier molecular flexibility index (Phi) is 6.06. The average molecular weight is 187 g/mol. The summed E-state index contributed by atoms with van der Waals surface area (Å²) in [5, 5.41) is 2.75. The standard InChI is InChI=1S/C8H9F2N.C2H6/c1-11-5-6-4-7(9)2-3-8(6)10;1-2/h2-4,11H,5H2,1H3;1-2H3. The fourth-order valence-electron chi connectivity index (χ4n) is 0.869. The molecular weight excluding hydrogens is 172 g/mol. The monoisotopic (exact) mass is 187 g/mol. The van der Waals surface area contributed by atoms with E-state index in [1.54, 1.807) is 7.05 Å². The molecule has 0 fully saturated rings. The average Bonchev–Trinajstić information content (AvgIpc) is 2.15. The normalized spacial score (nSPS) is 9.00. The molecule has 0 saturated heterocycles. The van der Waals surface area contributed by atoms with E-state index < -0.39 is 5.82 Å². The van der Waals surface area contributed by atoms with Crippen LogP contribution in [-0.4, -0.2) is 7.05 Å². The predicted octanol–water partition coefficient (Wildman–Crippen LogP) is 2.71. The molecule has 0 aliphatic carbocycles. The van der Waals surface area contributed by atoms with E-state index in [4.69, 9.17) is 0 Å². The molecule has 0 aliphatic heterocycles. The summed E-state index contributed by atoms with van der Waals surface area (Å²) in [6.45, 7) is 4.35. The Morgan fingerprint density at radius 2 is 1.85 bits per heavy atom. The predicted molar refractivity (Wildman–Crippen MR) is 50.5 cm³/mol. The molecule has 1 N–H and O–H groups in total. The molecule has 0 bridgehead atoms. The Balaban J connectivity index is 0.000000671. The molecule has 1 aromatic carbocycles. The second kappa shape index (κ2) is 6.54. The maximum absolute atomic E-state index is 12.7. The van der Waals surface area contributed by atoms with Crippen molar-refractivity contribution in [2.75, 3.05) is 7.05 Å². The second-order valence-corrected chi connectivity index (χ2v) is 2.27. The van der Waals surface area contributed by atoms with Gasteiger partial charge in [0, 0.05) is 12.1 Å². The Morgan fingerprint density at radius 1 is 1.23 bits per heavy atom. The van der Waals surface area contributed by atoms with Gasteiger partial charge in [-0.1, -0.05) is 13.8 Å². The topological polar surface area (TPSA) is 12.0 Å². The number of halogens is 2. The SMILES string of the molecule is CC.CNCc1cc(F)ccc1F. The third-order valence-electron chi connectivity index (χ3n) is 1.37. The minimum Gasteiger partial charge on any atom is -0.316 e. The fourth-order valence-corrected chi connectivity index (χ4v) is 0.869. The van der Waals surface area contributed by atoms with Crippen molar-refractivity contribution >= 4 is 0 Å². The van der Waals surface area contributed by atoms with Gasteiger partial charge in [0.2, 0.25) is 0 Å². The fraction of sp³-hybridized carbons (Fsp3) is 0.400. The molecule has 0 amide bonds. The van der Waals surface area contributed by atoms with Crippen LogP contribution in [-0.2, 0) is 6.54 Å². The number of benzene rings is 1. The molecule has 0 heterocycles. The van der Waals surface area contributed by atoms with Crippen LogP contribution >= 0.6 is 0 Å². The van der Waals surface area contributed by atoms with Crippen LogP contribution in [0, 0.1) is 11.6 Å². The van der Waals surface area contributed by atoms with Crippen LogP contribution in [0.15, 0.2) is 18.2 Å². The van der Waals surface area contributed by atoms with Crippen molar-refractivity contribution in [1.82, 2.24) is 5.32 Å². The van der Waals surface area contributed by atoms with Gasteiger partial charge in [-0.15, -0.1) is 0 Å². The first kappa shape index (κ1) is 12.0. The Bertz CT molecular complexity index is 249. The van der Waals surface area contributed by atoms with Crippen LogP contribution in [0.1, 0.15) is 19.4 Å². The molecule has 0 aliphatic rings. The minimum absolute atomic E-state index is 0.351. The van der Waals surface area contributed by atoms with Crippen LogP contribution in [0.5, 0.6) is 0 Å². The lowest BCUT2D eigenvalue weighted by molar-refractivity contribution is 0.578. The largest absolute Gasteiger partial charge is 0.316 e. The van der Waals surface area contributed by atoms with E-state index in [2.05, 4.69) is 5.32 Å². The van der Waals surface area contributed by atoms with Crippen molar-refractivity contribution in [3.8, 4) is 0 Å². The van der Waals surface area contributed by atoms with Gasteiger partial charge >= 0.3 is 0 Å². The molecular formula is C10H15F2N. The van der Waals surface area contributed by atoms with E-state index in [1.807, 2.05) is 13.8 Å². The van der Waals surface area contributed by atoms with Crippen LogP contribution in [0.4, 0.5) is 8.78 Å². The van der Waals surface area contributed by atoms with E-state index in [1.165, 1.54) is 6.07 Å². The van der Waals surface area contributed by atoms with Crippen molar-refractivity contribution < 1.29 is 8.78 Å². The highest BCUT2D eigenvalue weighted by molar-refractivity contribution is 5.18. The highest BCUT2D eigenvalue weighted by atomic mass is 19.1. The summed E-state index contributed by atoms with van der Waals surface area (Å²) in [7, 11) is 1.68. The molecule has 1 aromatic rings. The van der Waals surface area contributed by atoms with Crippen LogP contribution in [0.2, 0.25) is 0 Å². The number of rotatable bonds is 2. The van der Waals surface area contributed by atoms with Crippen LogP contribution in [0.25, 0.3) is 0 Å². The molecule has 0 aromatic heterocycles. The summed E-state index contributed by atoms with van der Waals surface area (Å²) >= 11 is 0. The van der Waals surface area contributed by atoms with E-state index in [9.17, 15) is 8.78 Å². The summed E-state index contributed by atoms with van der Waals surface area (Å²) in [5.74, 6) is -0.780. The zero-order valence-electron chi connectivity index (χ0n) is 8.20. The van der Waals surface area contributed by atoms with Gasteiger partial charge in [-0.3, -0.25) is 0 Å². The number of hydrogen-bond acceptors (Lipinski definition) is 1. The summed E-state index contributed by atoms with van der Waals surface area (Å²) in [6, 6.07) is 3.42. The van der Waals surface area contributed by atoms with E-state index >= 15 is 0 Å². The summed E-state index contributed by atoms with van der Waals surface area (Å²) in [5.41, 5.74) is 0.354. The third-order valence-corrected chi connectivity index (χ3v) is 1.37. The highest BCUT2D eigenvalue weighted by Crippen LogP contribution is 2.08. The minimum atomic E-state index is -0.406. The van der Waals surface area contributed by atoms with Gasteiger partial charge < -0.3 is 5.32 Å². The lowest BCUT2D eigenvalue weighted by Gasteiger charge is -2.00. The van der Waals surface area contributed by atoms with E-state index in [0.29, 0.717) is 12.1 Å². The maximum Gasteiger partial charge on any atom is 0.127 e. The Hall–Kier alpha value is -0.960. The number of nitrogens with one attached hydrogen (secondary N) is 1. The molecule has 74 valence electrons. The van der Waals surface area contributed by atoms with Crippen LogP contribution in [0.3, 0.4) is 0 Å². The van der Waals surface area contributed by atoms with Gasteiger partial charge in [0.15, 0.2) is 0 Å². The molecule has 0 saturated carbocycles. The van der Waals surface area contributed by atoms with Gasteiger partial charge in [-0.2, -0.15) is 0 Å². The lowest BCUT2D eigenvalue weighted by Crippen LogP contribution is -2.07. The first-order valence-electron chi connectivity index (χ1n) is 4.32. The molecule has 0 radical (unpaired) electrons. The van der Waals surface area contributed by atoms with Crippen molar-refractivity contribution in [3.05, 3.63) is 35.4 Å². The summed E-state index contributed by atoms with van der Waals surface area (Å²) in [4.78, 5) is 0. The van der Waals surface area contributed by atoms with Crippen LogP contribution < -0.4 is 5.32 Å². The first-order valence-corrected chi connectivity index (χ1v) is 4.32. The Morgan fingerprint density at radius 3 is 2.38 bits per heavy atom. The van der Waals surface area contributed by atoms with E-state index in [0.717, 1.165) is 12.1 Å².